The van der Waals surface area contributed by atoms with Crippen molar-refractivity contribution in [1.82, 2.24) is 5.32 Å². The first-order valence-corrected chi connectivity index (χ1v) is 6.12. The average Bonchev–Trinajstić information content (AvgIpc) is 2.36. The number of rotatable bonds is 0. The van der Waals surface area contributed by atoms with Crippen LogP contribution in [0.25, 0.3) is 0 Å². The van der Waals surface area contributed by atoms with Gasteiger partial charge in [-0.2, -0.15) is 0 Å². The fourth-order valence-electron chi connectivity index (χ4n) is 1.71. The first kappa shape index (κ1) is 10.3. The van der Waals surface area contributed by atoms with Gasteiger partial charge in [0, 0.05) is 6.42 Å². The van der Waals surface area contributed by atoms with Gasteiger partial charge in [-0.15, -0.1) is 0 Å². The molecule has 1 unspecified atom stereocenters. The number of hydrogen-bond acceptors (Lipinski definition) is 4. The Morgan fingerprint density at radius 1 is 1.36 bits per heavy atom. The van der Waals surface area contributed by atoms with Crippen molar-refractivity contribution in [2.45, 2.75) is 18.1 Å². The fraction of sp³-hybridized carbons (Fsp3) is 1.00. The van der Waals surface area contributed by atoms with Crippen LogP contribution in [0, 0.1) is 0 Å². The summed E-state index contributed by atoms with van der Waals surface area (Å²) in [5.74, 6) is -3.08. The highest BCUT2D eigenvalue weighted by Crippen LogP contribution is 2.31. The summed E-state index contributed by atoms with van der Waals surface area (Å²) >= 11 is 0. The van der Waals surface area contributed by atoms with Gasteiger partial charge in [0.15, 0.2) is 9.84 Å². The topological polar surface area (TPSA) is 55.4 Å². The summed E-state index contributed by atoms with van der Waals surface area (Å²) < 4.78 is 52.6. The van der Waals surface area contributed by atoms with Crippen LogP contribution in [0.4, 0.5) is 8.78 Å². The van der Waals surface area contributed by atoms with E-state index in [4.69, 9.17) is 4.74 Å². The average molecular weight is 227 g/mol. The SMILES string of the molecule is O=S1(=O)CCC2(C1)NCC(F)(F)CO2. The van der Waals surface area contributed by atoms with Gasteiger partial charge in [-0.05, 0) is 0 Å². The molecule has 2 fully saturated rings. The molecule has 14 heavy (non-hydrogen) atoms. The Kier molecular flexibility index (Phi) is 2.10. The summed E-state index contributed by atoms with van der Waals surface area (Å²) in [5, 5.41) is 2.49. The van der Waals surface area contributed by atoms with Crippen molar-refractivity contribution >= 4 is 9.84 Å². The van der Waals surface area contributed by atoms with E-state index in [2.05, 4.69) is 5.32 Å². The maximum atomic E-state index is 12.7. The number of nitrogens with one attached hydrogen (secondary N) is 1. The smallest absolute Gasteiger partial charge is 0.283 e. The number of alkyl halides is 2. The third-order valence-corrected chi connectivity index (χ3v) is 4.23. The monoisotopic (exact) mass is 227 g/mol. The van der Waals surface area contributed by atoms with Crippen molar-refractivity contribution in [1.29, 1.82) is 0 Å². The molecular formula is C7H11F2NO3S. The summed E-state index contributed by atoms with van der Waals surface area (Å²) in [4.78, 5) is 0. The van der Waals surface area contributed by atoms with Crippen molar-refractivity contribution in [3.05, 3.63) is 0 Å². The second-order valence-electron chi connectivity index (χ2n) is 3.83. The second-order valence-corrected chi connectivity index (χ2v) is 6.02. The second kappa shape index (κ2) is 2.86. The van der Waals surface area contributed by atoms with Crippen LogP contribution >= 0.6 is 0 Å². The van der Waals surface area contributed by atoms with E-state index in [0.29, 0.717) is 0 Å². The molecule has 4 nitrogen and oxygen atoms in total. The van der Waals surface area contributed by atoms with Gasteiger partial charge in [-0.3, -0.25) is 5.32 Å². The fourth-order valence-corrected chi connectivity index (χ4v) is 3.53. The number of sulfone groups is 1. The molecule has 1 N–H and O–H groups in total. The largest absolute Gasteiger partial charge is 0.353 e. The first-order valence-electron chi connectivity index (χ1n) is 4.30. The summed E-state index contributed by atoms with van der Waals surface area (Å²) in [6, 6.07) is 0. The van der Waals surface area contributed by atoms with Gasteiger partial charge in [0.05, 0.1) is 18.1 Å². The van der Waals surface area contributed by atoms with Gasteiger partial charge in [0.2, 0.25) is 0 Å². The van der Waals surface area contributed by atoms with E-state index in [0.717, 1.165) is 0 Å². The molecule has 2 aliphatic heterocycles. The molecule has 7 heteroatoms. The van der Waals surface area contributed by atoms with E-state index in [9.17, 15) is 17.2 Å². The number of hydrogen-bond donors (Lipinski definition) is 1. The number of ether oxygens (including phenoxy) is 1. The third-order valence-electron chi connectivity index (χ3n) is 2.50. The summed E-state index contributed by atoms with van der Waals surface area (Å²) in [6.07, 6.45) is 0.255. The van der Waals surface area contributed by atoms with Crippen molar-refractivity contribution in [3.8, 4) is 0 Å². The normalized spacial score (nSPS) is 40.1. The zero-order valence-corrected chi connectivity index (χ0v) is 8.24. The lowest BCUT2D eigenvalue weighted by molar-refractivity contribution is -0.183. The van der Waals surface area contributed by atoms with Crippen molar-refractivity contribution in [3.63, 3.8) is 0 Å². The summed E-state index contributed by atoms with van der Waals surface area (Å²) in [5.41, 5.74) is -1.06. The Bertz CT molecular complexity index is 331. The van der Waals surface area contributed by atoms with Crippen LogP contribution in [0.15, 0.2) is 0 Å². The molecule has 2 rings (SSSR count). The molecule has 0 saturated carbocycles. The van der Waals surface area contributed by atoms with Crippen LogP contribution in [-0.2, 0) is 14.6 Å². The lowest BCUT2D eigenvalue weighted by Gasteiger charge is -2.37. The lowest BCUT2D eigenvalue weighted by atomic mass is 10.1. The zero-order valence-electron chi connectivity index (χ0n) is 7.42. The summed E-state index contributed by atoms with van der Waals surface area (Å²) in [6.45, 7) is -1.21. The van der Waals surface area contributed by atoms with Crippen molar-refractivity contribution in [2.24, 2.45) is 0 Å². The molecule has 82 valence electrons. The predicted molar refractivity (Wildman–Crippen MR) is 44.9 cm³/mol. The Hall–Kier alpha value is -0.270. The van der Waals surface area contributed by atoms with Gasteiger partial charge in [0.25, 0.3) is 5.92 Å². The minimum absolute atomic E-state index is 0.00553. The molecule has 0 aromatic heterocycles. The van der Waals surface area contributed by atoms with Crippen LogP contribution in [0.2, 0.25) is 0 Å². The maximum absolute atomic E-state index is 12.7. The van der Waals surface area contributed by atoms with E-state index < -0.39 is 34.6 Å². The van der Waals surface area contributed by atoms with Gasteiger partial charge in [-0.25, -0.2) is 17.2 Å². The molecule has 0 bridgehead atoms. The molecule has 0 aromatic rings. The van der Waals surface area contributed by atoms with Gasteiger partial charge in [0.1, 0.15) is 12.3 Å². The van der Waals surface area contributed by atoms with E-state index in [1.165, 1.54) is 0 Å². The third kappa shape index (κ3) is 1.89. The van der Waals surface area contributed by atoms with Crippen molar-refractivity contribution < 1.29 is 21.9 Å². The molecule has 0 aromatic carbocycles. The Morgan fingerprint density at radius 2 is 2.07 bits per heavy atom. The van der Waals surface area contributed by atoms with Crippen LogP contribution in [0.3, 0.4) is 0 Å². The maximum Gasteiger partial charge on any atom is 0.283 e. The molecule has 2 saturated heterocycles. The first-order chi connectivity index (χ1) is 6.33. The zero-order chi connectivity index (χ0) is 10.4. The highest BCUT2D eigenvalue weighted by molar-refractivity contribution is 7.91. The van der Waals surface area contributed by atoms with Crippen LogP contribution in [-0.4, -0.2) is 44.7 Å². The van der Waals surface area contributed by atoms with Gasteiger partial charge >= 0.3 is 0 Å². The van der Waals surface area contributed by atoms with Crippen LogP contribution in [0.1, 0.15) is 6.42 Å². The van der Waals surface area contributed by atoms with E-state index in [-0.39, 0.29) is 17.9 Å². The molecule has 2 aliphatic rings. The highest BCUT2D eigenvalue weighted by atomic mass is 32.2. The van der Waals surface area contributed by atoms with E-state index in [1.807, 2.05) is 0 Å². The molecule has 1 atom stereocenters. The predicted octanol–water partition coefficient (Wildman–Crippen LogP) is -0.244. The molecule has 0 radical (unpaired) electrons. The molecular weight excluding hydrogens is 216 g/mol. The molecule has 0 amide bonds. The van der Waals surface area contributed by atoms with Crippen LogP contribution < -0.4 is 5.32 Å². The standard InChI is InChI=1S/C7H11F2NO3S/c8-6(9)3-10-7(13-4-6)1-2-14(11,12)5-7/h10H,1-5H2. The Morgan fingerprint density at radius 3 is 2.50 bits per heavy atom. The highest BCUT2D eigenvalue weighted by Gasteiger charge is 2.50. The Balaban J connectivity index is 2.08. The number of halogens is 2. The van der Waals surface area contributed by atoms with E-state index >= 15 is 0 Å². The van der Waals surface area contributed by atoms with E-state index in [1.54, 1.807) is 0 Å². The minimum Gasteiger partial charge on any atom is -0.353 e. The Labute approximate surface area is 80.5 Å². The molecule has 2 heterocycles. The van der Waals surface area contributed by atoms with Gasteiger partial charge < -0.3 is 4.74 Å². The van der Waals surface area contributed by atoms with Crippen LogP contribution in [0.5, 0.6) is 0 Å². The van der Waals surface area contributed by atoms with Crippen molar-refractivity contribution in [2.75, 3.05) is 24.7 Å². The lowest BCUT2D eigenvalue weighted by Crippen LogP contribution is -2.59. The minimum atomic E-state index is -3.12. The summed E-state index contributed by atoms with van der Waals surface area (Å²) in [7, 11) is -3.12. The van der Waals surface area contributed by atoms with Gasteiger partial charge in [-0.1, -0.05) is 0 Å². The molecule has 0 aliphatic carbocycles. The quantitative estimate of drug-likeness (QED) is 0.620. The molecule has 1 spiro atoms.